The smallest absolute Gasteiger partial charge is 0.211 e. The molecule has 3 nitrogen and oxygen atoms in total. The average molecular weight is 247 g/mol. The topological polar surface area (TPSA) is 43.4 Å². The SMILES string of the molecule is CC(=O)C(C=O)Oc1cc(Cl)cc(Cl)c1. The highest BCUT2D eigenvalue weighted by Crippen LogP contribution is 2.24. The zero-order valence-corrected chi connectivity index (χ0v) is 9.38. The fourth-order valence-electron chi connectivity index (χ4n) is 0.950. The van der Waals surface area contributed by atoms with E-state index >= 15 is 0 Å². The first kappa shape index (κ1) is 12.0. The summed E-state index contributed by atoms with van der Waals surface area (Å²) < 4.78 is 5.10. The lowest BCUT2D eigenvalue weighted by atomic mass is 10.3. The van der Waals surface area contributed by atoms with Crippen LogP contribution in [0.3, 0.4) is 0 Å². The lowest BCUT2D eigenvalue weighted by Gasteiger charge is -2.10. The van der Waals surface area contributed by atoms with Crippen LogP contribution in [-0.2, 0) is 9.59 Å². The molecule has 0 radical (unpaired) electrons. The van der Waals surface area contributed by atoms with E-state index in [-0.39, 0.29) is 5.78 Å². The van der Waals surface area contributed by atoms with Crippen LogP contribution in [0.5, 0.6) is 5.75 Å². The number of rotatable bonds is 4. The van der Waals surface area contributed by atoms with E-state index in [1.54, 1.807) is 0 Å². The van der Waals surface area contributed by atoms with Crippen LogP contribution in [0.4, 0.5) is 0 Å². The van der Waals surface area contributed by atoms with Crippen molar-refractivity contribution in [2.45, 2.75) is 13.0 Å². The molecule has 0 saturated heterocycles. The van der Waals surface area contributed by atoms with Gasteiger partial charge < -0.3 is 4.74 Å². The summed E-state index contributed by atoms with van der Waals surface area (Å²) in [6, 6.07) is 4.49. The third-order valence-electron chi connectivity index (χ3n) is 1.62. The van der Waals surface area contributed by atoms with E-state index in [2.05, 4.69) is 0 Å². The Morgan fingerprint density at radius 2 is 1.87 bits per heavy atom. The Labute approximate surface area is 96.9 Å². The number of hydrogen-bond donors (Lipinski definition) is 0. The number of carbonyl (C=O) groups is 2. The van der Waals surface area contributed by atoms with Crippen LogP contribution >= 0.6 is 23.2 Å². The van der Waals surface area contributed by atoms with Crippen molar-refractivity contribution in [3.63, 3.8) is 0 Å². The van der Waals surface area contributed by atoms with Gasteiger partial charge in [0.2, 0.25) is 6.10 Å². The maximum atomic E-state index is 10.9. The monoisotopic (exact) mass is 246 g/mol. The second-order valence-electron chi connectivity index (χ2n) is 2.89. The van der Waals surface area contributed by atoms with E-state index in [9.17, 15) is 9.59 Å². The zero-order valence-electron chi connectivity index (χ0n) is 7.87. The van der Waals surface area contributed by atoms with Gasteiger partial charge in [-0.05, 0) is 25.1 Å². The molecule has 1 rings (SSSR count). The summed E-state index contributed by atoms with van der Waals surface area (Å²) in [6.07, 6.45) is -0.684. The molecular formula is C10H8Cl2O3. The van der Waals surface area contributed by atoms with Gasteiger partial charge in [0, 0.05) is 10.0 Å². The van der Waals surface area contributed by atoms with Gasteiger partial charge in [0.15, 0.2) is 12.1 Å². The second kappa shape index (κ2) is 5.14. The van der Waals surface area contributed by atoms with E-state index in [0.29, 0.717) is 22.1 Å². The fourth-order valence-corrected chi connectivity index (χ4v) is 1.46. The largest absolute Gasteiger partial charge is 0.475 e. The molecule has 1 aromatic rings. The highest BCUT2D eigenvalue weighted by atomic mass is 35.5. The van der Waals surface area contributed by atoms with Crippen LogP contribution in [0.1, 0.15) is 6.92 Å². The Morgan fingerprint density at radius 3 is 2.27 bits per heavy atom. The summed E-state index contributed by atoms with van der Waals surface area (Å²) in [5.74, 6) is -0.0825. The van der Waals surface area contributed by atoms with Crippen molar-refractivity contribution >= 4 is 35.3 Å². The summed E-state index contributed by atoms with van der Waals surface area (Å²) in [7, 11) is 0. The molecule has 1 unspecified atom stereocenters. The van der Waals surface area contributed by atoms with Gasteiger partial charge in [0.05, 0.1) is 0 Å². The zero-order chi connectivity index (χ0) is 11.4. The third-order valence-corrected chi connectivity index (χ3v) is 2.06. The number of carbonyl (C=O) groups excluding carboxylic acids is 2. The number of ketones is 1. The Hall–Kier alpha value is -1.06. The number of ether oxygens (including phenoxy) is 1. The minimum absolute atomic E-state index is 0.291. The Balaban J connectivity index is 2.88. The van der Waals surface area contributed by atoms with Gasteiger partial charge in [0.1, 0.15) is 5.75 Å². The van der Waals surface area contributed by atoms with Crippen molar-refractivity contribution < 1.29 is 14.3 Å². The first-order valence-electron chi connectivity index (χ1n) is 4.11. The standard InChI is InChI=1S/C10H8Cl2O3/c1-6(14)10(5-13)15-9-3-7(11)2-8(12)4-9/h2-5,10H,1H3. The molecule has 0 fully saturated rings. The van der Waals surface area contributed by atoms with Crippen LogP contribution < -0.4 is 4.74 Å². The van der Waals surface area contributed by atoms with E-state index in [0.717, 1.165) is 0 Å². The maximum absolute atomic E-state index is 10.9. The van der Waals surface area contributed by atoms with Gasteiger partial charge in [-0.1, -0.05) is 23.2 Å². The molecule has 0 amide bonds. The molecule has 0 aliphatic rings. The average Bonchev–Trinajstić information content (AvgIpc) is 2.12. The molecule has 1 aromatic carbocycles. The van der Waals surface area contributed by atoms with Gasteiger partial charge in [-0.25, -0.2) is 0 Å². The lowest BCUT2D eigenvalue weighted by molar-refractivity contribution is -0.129. The molecule has 0 heterocycles. The molecule has 0 aromatic heterocycles. The van der Waals surface area contributed by atoms with Crippen LogP contribution in [-0.4, -0.2) is 18.2 Å². The summed E-state index contributed by atoms with van der Waals surface area (Å²) in [5.41, 5.74) is 0. The summed E-state index contributed by atoms with van der Waals surface area (Å²) in [4.78, 5) is 21.4. The molecule has 0 aliphatic heterocycles. The molecule has 0 saturated carbocycles. The molecule has 5 heteroatoms. The van der Waals surface area contributed by atoms with E-state index in [1.807, 2.05) is 0 Å². The number of hydrogen-bond acceptors (Lipinski definition) is 3. The normalized spacial score (nSPS) is 11.9. The summed E-state index contributed by atoms with van der Waals surface area (Å²) >= 11 is 11.4. The van der Waals surface area contributed by atoms with Gasteiger partial charge in [-0.15, -0.1) is 0 Å². The van der Waals surface area contributed by atoms with E-state index < -0.39 is 6.10 Å². The predicted molar refractivity (Wildman–Crippen MR) is 57.6 cm³/mol. The van der Waals surface area contributed by atoms with Crippen molar-refractivity contribution in [1.82, 2.24) is 0 Å². The van der Waals surface area contributed by atoms with Gasteiger partial charge in [0.25, 0.3) is 0 Å². The van der Waals surface area contributed by atoms with Crippen LogP contribution in [0, 0.1) is 0 Å². The number of aldehydes is 1. The molecule has 80 valence electrons. The van der Waals surface area contributed by atoms with Crippen molar-refractivity contribution in [2.24, 2.45) is 0 Å². The van der Waals surface area contributed by atoms with Gasteiger partial charge in [-0.3, -0.25) is 9.59 Å². The first-order valence-corrected chi connectivity index (χ1v) is 4.87. The van der Waals surface area contributed by atoms with E-state index in [4.69, 9.17) is 27.9 Å². The molecular weight excluding hydrogens is 239 g/mol. The Bertz CT molecular complexity index is 370. The van der Waals surface area contributed by atoms with E-state index in [1.165, 1.54) is 25.1 Å². The quantitative estimate of drug-likeness (QED) is 0.606. The van der Waals surface area contributed by atoms with Crippen molar-refractivity contribution in [2.75, 3.05) is 0 Å². The fraction of sp³-hybridized carbons (Fsp3) is 0.200. The maximum Gasteiger partial charge on any atom is 0.211 e. The van der Waals surface area contributed by atoms with Gasteiger partial charge >= 0.3 is 0 Å². The van der Waals surface area contributed by atoms with Crippen LogP contribution in [0.2, 0.25) is 10.0 Å². The second-order valence-corrected chi connectivity index (χ2v) is 3.76. The summed E-state index contributed by atoms with van der Waals surface area (Å²) in [5, 5.41) is 0.761. The molecule has 1 atom stereocenters. The molecule has 0 aliphatic carbocycles. The highest BCUT2D eigenvalue weighted by molar-refractivity contribution is 6.34. The Kier molecular flexibility index (Phi) is 4.12. The van der Waals surface area contributed by atoms with Crippen LogP contribution in [0.25, 0.3) is 0 Å². The lowest BCUT2D eigenvalue weighted by Crippen LogP contribution is -2.26. The van der Waals surface area contributed by atoms with Crippen molar-refractivity contribution in [3.8, 4) is 5.75 Å². The molecule has 15 heavy (non-hydrogen) atoms. The van der Waals surface area contributed by atoms with Crippen molar-refractivity contribution in [3.05, 3.63) is 28.2 Å². The number of halogens is 2. The number of Topliss-reactive ketones (excluding diaryl/α,β-unsaturated/α-hetero) is 1. The molecule has 0 bridgehead atoms. The minimum atomic E-state index is -1.11. The molecule has 0 N–H and O–H groups in total. The third kappa shape index (κ3) is 3.53. The molecule has 0 spiro atoms. The summed E-state index contributed by atoms with van der Waals surface area (Å²) in [6.45, 7) is 1.27. The van der Waals surface area contributed by atoms with Crippen LogP contribution in [0.15, 0.2) is 18.2 Å². The Morgan fingerprint density at radius 1 is 1.33 bits per heavy atom. The predicted octanol–water partition coefficient (Wildman–Crippen LogP) is 2.53. The highest BCUT2D eigenvalue weighted by Gasteiger charge is 2.14. The minimum Gasteiger partial charge on any atom is -0.475 e. The van der Waals surface area contributed by atoms with Gasteiger partial charge in [-0.2, -0.15) is 0 Å². The first-order chi connectivity index (χ1) is 7.02. The number of benzene rings is 1. The van der Waals surface area contributed by atoms with Crippen molar-refractivity contribution in [1.29, 1.82) is 0 Å².